The first kappa shape index (κ1) is 21.7. The zero-order valence-electron chi connectivity index (χ0n) is 15.0. The molecule has 8 heteroatoms. The number of carbonyl (C=O) groups excluding carboxylic acids is 1. The standard InChI is InChI=1S/C20H16Br2N2O4/c1-11-3-4-15(5-12(11)2)24-20(27)14(9-23)6-13-7-16(21)19(17(22)8-13)28-10-18(25)26/h3-8H,10H2,1-2H3,(H,24,27)(H,25,26)/b14-6+. The van der Waals surface area contributed by atoms with Crippen LogP contribution in [0, 0.1) is 25.2 Å². The molecule has 0 aromatic heterocycles. The number of carboxylic acids is 1. The van der Waals surface area contributed by atoms with Crippen LogP contribution in [0.4, 0.5) is 5.69 Å². The highest BCUT2D eigenvalue weighted by molar-refractivity contribution is 9.11. The van der Waals surface area contributed by atoms with Gasteiger partial charge in [0.25, 0.3) is 5.91 Å². The first-order valence-corrected chi connectivity index (χ1v) is 9.64. The summed E-state index contributed by atoms with van der Waals surface area (Å²) in [6, 6.07) is 10.7. The van der Waals surface area contributed by atoms with Crippen molar-refractivity contribution in [2.24, 2.45) is 0 Å². The van der Waals surface area contributed by atoms with Crippen LogP contribution in [-0.4, -0.2) is 23.6 Å². The highest BCUT2D eigenvalue weighted by atomic mass is 79.9. The van der Waals surface area contributed by atoms with E-state index in [2.05, 4.69) is 37.2 Å². The van der Waals surface area contributed by atoms with E-state index in [1.807, 2.05) is 32.0 Å². The van der Waals surface area contributed by atoms with Crippen molar-refractivity contribution in [3.63, 3.8) is 0 Å². The summed E-state index contributed by atoms with van der Waals surface area (Å²) in [4.78, 5) is 23.1. The maximum Gasteiger partial charge on any atom is 0.341 e. The minimum absolute atomic E-state index is 0.0729. The van der Waals surface area contributed by atoms with E-state index in [9.17, 15) is 14.9 Å². The normalized spacial score (nSPS) is 10.9. The lowest BCUT2D eigenvalue weighted by Crippen LogP contribution is -2.13. The highest BCUT2D eigenvalue weighted by Gasteiger charge is 2.13. The molecule has 0 fully saturated rings. The molecule has 0 aliphatic rings. The van der Waals surface area contributed by atoms with E-state index in [1.165, 1.54) is 6.08 Å². The van der Waals surface area contributed by atoms with E-state index in [-0.39, 0.29) is 5.57 Å². The number of amides is 1. The number of carbonyl (C=O) groups is 2. The number of rotatable bonds is 6. The summed E-state index contributed by atoms with van der Waals surface area (Å²) >= 11 is 6.61. The first-order chi connectivity index (χ1) is 13.2. The van der Waals surface area contributed by atoms with E-state index in [0.717, 1.165) is 11.1 Å². The lowest BCUT2D eigenvalue weighted by Gasteiger charge is -2.10. The number of aryl methyl sites for hydroxylation is 2. The topological polar surface area (TPSA) is 99.4 Å². The molecule has 0 saturated carbocycles. The van der Waals surface area contributed by atoms with Crippen LogP contribution in [-0.2, 0) is 9.59 Å². The third-order valence-corrected chi connectivity index (χ3v) is 4.98. The molecule has 28 heavy (non-hydrogen) atoms. The second kappa shape index (κ2) is 9.53. The lowest BCUT2D eigenvalue weighted by atomic mass is 10.1. The number of ether oxygens (including phenoxy) is 1. The minimum Gasteiger partial charge on any atom is -0.480 e. The molecule has 0 aliphatic carbocycles. The smallest absolute Gasteiger partial charge is 0.341 e. The second-order valence-electron chi connectivity index (χ2n) is 5.92. The van der Waals surface area contributed by atoms with E-state index in [0.29, 0.717) is 25.9 Å². The number of aliphatic carboxylic acids is 1. The zero-order chi connectivity index (χ0) is 20.8. The van der Waals surface area contributed by atoms with Crippen molar-refractivity contribution in [2.75, 3.05) is 11.9 Å². The van der Waals surface area contributed by atoms with Gasteiger partial charge < -0.3 is 15.2 Å². The number of nitrogens with zero attached hydrogens (tertiary/aromatic N) is 1. The molecule has 0 aliphatic heterocycles. The molecule has 0 spiro atoms. The molecule has 0 bridgehead atoms. The van der Waals surface area contributed by atoms with Crippen LogP contribution >= 0.6 is 31.9 Å². The monoisotopic (exact) mass is 506 g/mol. The summed E-state index contributed by atoms with van der Waals surface area (Å²) in [7, 11) is 0. The third-order valence-electron chi connectivity index (χ3n) is 3.80. The van der Waals surface area contributed by atoms with Crippen molar-refractivity contribution < 1.29 is 19.4 Å². The van der Waals surface area contributed by atoms with Gasteiger partial charge in [0.05, 0.1) is 8.95 Å². The Hall–Kier alpha value is -2.63. The van der Waals surface area contributed by atoms with Gasteiger partial charge in [-0.2, -0.15) is 5.26 Å². The van der Waals surface area contributed by atoms with Crippen LogP contribution in [0.1, 0.15) is 16.7 Å². The van der Waals surface area contributed by atoms with Gasteiger partial charge in [-0.05, 0) is 92.7 Å². The maximum absolute atomic E-state index is 12.4. The molecule has 2 N–H and O–H groups in total. The summed E-state index contributed by atoms with van der Waals surface area (Å²) < 4.78 is 6.18. The molecule has 1 amide bonds. The first-order valence-electron chi connectivity index (χ1n) is 8.05. The van der Waals surface area contributed by atoms with Crippen LogP contribution in [0.3, 0.4) is 0 Å². The SMILES string of the molecule is Cc1ccc(NC(=O)/C(C#N)=C/c2cc(Br)c(OCC(=O)O)c(Br)c2)cc1C. The molecule has 0 radical (unpaired) electrons. The van der Waals surface area contributed by atoms with Gasteiger partial charge in [0.1, 0.15) is 17.4 Å². The molecular weight excluding hydrogens is 492 g/mol. The number of carboxylic acid groups (broad SMARTS) is 1. The van der Waals surface area contributed by atoms with Gasteiger partial charge >= 0.3 is 5.97 Å². The van der Waals surface area contributed by atoms with Crippen LogP contribution < -0.4 is 10.1 Å². The summed E-state index contributed by atoms with van der Waals surface area (Å²) in [6.07, 6.45) is 1.44. The average Bonchev–Trinajstić information content (AvgIpc) is 2.61. The molecule has 2 aromatic rings. The maximum atomic E-state index is 12.4. The Morgan fingerprint density at radius 1 is 1.18 bits per heavy atom. The van der Waals surface area contributed by atoms with Crippen molar-refractivity contribution in [1.82, 2.24) is 0 Å². The Morgan fingerprint density at radius 3 is 2.36 bits per heavy atom. The van der Waals surface area contributed by atoms with Crippen LogP contribution in [0.15, 0.2) is 44.9 Å². The van der Waals surface area contributed by atoms with Crippen molar-refractivity contribution in [1.29, 1.82) is 5.26 Å². The van der Waals surface area contributed by atoms with Gasteiger partial charge in [0.15, 0.2) is 6.61 Å². The molecule has 0 atom stereocenters. The predicted octanol–water partition coefficient (Wildman–Crippen LogP) is 4.84. The van der Waals surface area contributed by atoms with E-state index in [1.54, 1.807) is 18.2 Å². The summed E-state index contributed by atoms with van der Waals surface area (Å²) in [6.45, 7) is 3.42. The number of halogens is 2. The van der Waals surface area contributed by atoms with Gasteiger partial charge in [-0.1, -0.05) is 6.07 Å². The minimum atomic E-state index is -1.10. The van der Waals surface area contributed by atoms with Crippen molar-refractivity contribution in [3.05, 3.63) is 61.5 Å². The fraction of sp³-hybridized carbons (Fsp3) is 0.150. The number of nitriles is 1. The third kappa shape index (κ3) is 5.68. The van der Waals surface area contributed by atoms with Gasteiger partial charge in [-0.25, -0.2) is 4.79 Å². The molecule has 2 aromatic carbocycles. The van der Waals surface area contributed by atoms with Gasteiger partial charge in [0.2, 0.25) is 0 Å². The fourth-order valence-corrected chi connectivity index (χ4v) is 3.72. The van der Waals surface area contributed by atoms with Gasteiger partial charge in [-0.15, -0.1) is 0 Å². The molecule has 0 saturated heterocycles. The quantitative estimate of drug-likeness (QED) is 0.430. The van der Waals surface area contributed by atoms with E-state index < -0.39 is 18.5 Å². The predicted molar refractivity (Wildman–Crippen MR) is 113 cm³/mol. The lowest BCUT2D eigenvalue weighted by molar-refractivity contribution is -0.139. The van der Waals surface area contributed by atoms with Gasteiger partial charge in [0, 0.05) is 5.69 Å². The zero-order valence-corrected chi connectivity index (χ0v) is 18.2. The molecule has 0 heterocycles. The Labute approximate surface area is 179 Å². The fourth-order valence-electron chi connectivity index (χ4n) is 2.27. The largest absolute Gasteiger partial charge is 0.480 e. The molecule has 2 rings (SSSR count). The Kier molecular flexibility index (Phi) is 7.38. The van der Waals surface area contributed by atoms with Crippen LogP contribution in [0.2, 0.25) is 0 Å². The summed E-state index contributed by atoms with van der Waals surface area (Å²) in [5.41, 5.74) is 3.23. The Morgan fingerprint density at radius 2 is 1.82 bits per heavy atom. The van der Waals surface area contributed by atoms with E-state index >= 15 is 0 Å². The number of benzene rings is 2. The number of nitrogens with one attached hydrogen (secondary N) is 1. The number of hydrogen-bond acceptors (Lipinski definition) is 4. The van der Waals surface area contributed by atoms with Crippen molar-refractivity contribution in [2.45, 2.75) is 13.8 Å². The Balaban J connectivity index is 2.25. The summed E-state index contributed by atoms with van der Waals surface area (Å²) in [5, 5.41) is 20.8. The molecule has 0 unspecified atom stereocenters. The molecule has 6 nitrogen and oxygen atoms in total. The average molecular weight is 508 g/mol. The molecule has 144 valence electrons. The Bertz CT molecular complexity index is 987. The number of anilines is 1. The van der Waals surface area contributed by atoms with Crippen LogP contribution in [0.5, 0.6) is 5.75 Å². The molecular formula is C20H16Br2N2O4. The van der Waals surface area contributed by atoms with E-state index in [4.69, 9.17) is 9.84 Å². The highest BCUT2D eigenvalue weighted by Crippen LogP contribution is 2.35. The van der Waals surface area contributed by atoms with Crippen molar-refractivity contribution >= 4 is 55.5 Å². The van der Waals surface area contributed by atoms with Gasteiger partial charge in [-0.3, -0.25) is 4.79 Å². The van der Waals surface area contributed by atoms with Crippen LogP contribution in [0.25, 0.3) is 6.08 Å². The van der Waals surface area contributed by atoms with Crippen molar-refractivity contribution in [3.8, 4) is 11.8 Å². The summed E-state index contributed by atoms with van der Waals surface area (Å²) in [5.74, 6) is -1.31. The number of hydrogen-bond donors (Lipinski definition) is 2. The second-order valence-corrected chi connectivity index (χ2v) is 7.63.